The number of rotatable bonds is 6. The van der Waals surface area contributed by atoms with Crippen molar-refractivity contribution in [1.82, 2.24) is 0 Å². The number of hydrogen-bond donors (Lipinski definition) is 0. The van der Waals surface area contributed by atoms with E-state index in [0.29, 0.717) is 12.2 Å². The first-order chi connectivity index (χ1) is 8.24. The summed E-state index contributed by atoms with van der Waals surface area (Å²) < 4.78 is 5.09. The molecule has 0 atom stereocenters. The first-order valence-corrected chi connectivity index (χ1v) is 7.98. The Morgan fingerprint density at radius 2 is 2.24 bits per heavy atom. The molecule has 1 aromatic rings. The van der Waals surface area contributed by atoms with Gasteiger partial charge in [0.05, 0.1) is 12.2 Å². The van der Waals surface area contributed by atoms with E-state index in [1.54, 1.807) is 11.8 Å². The summed E-state index contributed by atoms with van der Waals surface area (Å²) in [6, 6.07) is 5.81. The molecule has 0 N–H and O–H groups in total. The Morgan fingerprint density at radius 3 is 2.82 bits per heavy atom. The van der Waals surface area contributed by atoms with Crippen LogP contribution in [-0.4, -0.2) is 24.2 Å². The molecule has 0 aliphatic heterocycles. The summed E-state index contributed by atoms with van der Waals surface area (Å²) >= 11 is 5.10. The van der Waals surface area contributed by atoms with Gasteiger partial charge >= 0.3 is 5.97 Å². The van der Waals surface area contributed by atoms with Crippen molar-refractivity contribution in [1.29, 1.82) is 0 Å². The maximum Gasteiger partial charge on any atom is 0.338 e. The third kappa shape index (κ3) is 4.03. The summed E-state index contributed by atoms with van der Waals surface area (Å²) in [4.78, 5) is 13.0. The van der Waals surface area contributed by atoms with E-state index in [0.717, 1.165) is 28.6 Å². The van der Waals surface area contributed by atoms with Crippen molar-refractivity contribution in [2.45, 2.75) is 24.7 Å². The second-order valence-corrected chi connectivity index (χ2v) is 5.14. The Kier molecular flexibility index (Phi) is 6.66. The molecule has 0 bridgehead atoms. The molecule has 0 radical (unpaired) electrons. The van der Waals surface area contributed by atoms with Crippen molar-refractivity contribution in [3.63, 3.8) is 0 Å². The van der Waals surface area contributed by atoms with Crippen LogP contribution in [0.2, 0.25) is 0 Å². The lowest BCUT2D eigenvalue weighted by Gasteiger charge is -2.12. The number of hydrogen-bond acceptors (Lipinski definition) is 3. The second-order valence-electron chi connectivity index (χ2n) is 3.50. The van der Waals surface area contributed by atoms with E-state index in [9.17, 15) is 4.79 Å². The molecule has 2 nitrogen and oxygen atoms in total. The van der Waals surface area contributed by atoms with E-state index in [2.05, 4.69) is 22.0 Å². The summed E-state index contributed by atoms with van der Waals surface area (Å²) in [6.07, 6.45) is 3.95. The van der Waals surface area contributed by atoms with Gasteiger partial charge in [-0.2, -0.15) is 0 Å². The van der Waals surface area contributed by atoms with Gasteiger partial charge in [-0.05, 0) is 43.7 Å². The van der Waals surface area contributed by atoms with E-state index in [1.165, 1.54) is 0 Å². The van der Waals surface area contributed by atoms with Crippen LogP contribution >= 0.6 is 27.7 Å². The van der Waals surface area contributed by atoms with Gasteiger partial charge in [0.2, 0.25) is 0 Å². The molecule has 0 aliphatic carbocycles. The molecule has 0 fully saturated rings. The van der Waals surface area contributed by atoms with Crippen LogP contribution in [0.25, 0.3) is 0 Å². The van der Waals surface area contributed by atoms with Gasteiger partial charge in [0.15, 0.2) is 0 Å². The topological polar surface area (TPSA) is 26.3 Å². The zero-order chi connectivity index (χ0) is 12.7. The Labute approximate surface area is 115 Å². The van der Waals surface area contributed by atoms with Gasteiger partial charge in [-0.25, -0.2) is 4.79 Å². The smallest absolute Gasteiger partial charge is 0.338 e. The minimum atomic E-state index is -0.215. The van der Waals surface area contributed by atoms with Crippen LogP contribution in [0.15, 0.2) is 23.1 Å². The minimum absolute atomic E-state index is 0.215. The summed E-state index contributed by atoms with van der Waals surface area (Å²) in [5, 5.41) is 0.942. The molecule has 0 spiro atoms. The highest BCUT2D eigenvalue weighted by atomic mass is 79.9. The molecule has 0 saturated heterocycles. The molecule has 0 amide bonds. The van der Waals surface area contributed by atoms with Crippen LogP contribution in [0.3, 0.4) is 0 Å². The van der Waals surface area contributed by atoms with Crippen molar-refractivity contribution >= 4 is 33.7 Å². The number of thioether (sulfide) groups is 1. The largest absolute Gasteiger partial charge is 0.462 e. The third-order valence-corrected chi connectivity index (χ3v) is 3.79. The molecule has 17 heavy (non-hydrogen) atoms. The monoisotopic (exact) mass is 316 g/mol. The van der Waals surface area contributed by atoms with Crippen molar-refractivity contribution < 1.29 is 9.53 Å². The molecule has 4 heteroatoms. The summed E-state index contributed by atoms with van der Waals surface area (Å²) in [5.74, 6) is -0.215. The molecule has 0 aromatic heterocycles. The molecule has 0 heterocycles. The second kappa shape index (κ2) is 7.77. The predicted octanol–water partition coefficient (Wildman–Crippen LogP) is 3.91. The van der Waals surface area contributed by atoms with E-state index < -0.39 is 0 Å². The molecule has 1 aromatic carbocycles. The van der Waals surface area contributed by atoms with Crippen molar-refractivity contribution in [3.8, 4) is 0 Å². The van der Waals surface area contributed by atoms with Gasteiger partial charge < -0.3 is 4.74 Å². The fourth-order valence-corrected chi connectivity index (χ4v) is 2.61. The first-order valence-electron chi connectivity index (χ1n) is 5.63. The van der Waals surface area contributed by atoms with Gasteiger partial charge in [0, 0.05) is 10.2 Å². The van der Waals surface area contributed by atoms with Gasteiger partial charge in [0.25, 0.3) is 0 Å². The quantitative estimate of drug-likeness (QED) is 0.452. The van der Waals surface area contributed by atoms with E-state index in [4.69, 9.17) is 4.74 Å². The number of ether oxygens (including phenoxy) is 1. The van der Waals surface area contributed by atoms with E-state index in [-0.39, 0.29) is 5.97 Å². The number of benzene rings is 1. The Balaban J connectivity index is 3.05. The van der Waals surface area contributed by atoms with Crippen molar-refractivity contribution in [2.75, 3.05) is 18.2 Å². The third-order valence-electron chi connectivity index (χ3n) is 2.41. The molecule has 0 saturated carbocycles. The highest BCUT2D eigenvalue weighted by Gasteiger charge is 2.14. The van der Waals surface area contributed by atoms with Gasteiger partial charge in [0.1, 0.15) is 0 Å². The van der Waals surface area contributed by atoms with Gasteiger partial charge in [-0.15, -0.1) is 11.8 Å². The van der Waals surface area contributed by atoms with Gasteiger partial charge in [-0.1, -0.05) is 22.0 Å². The number of carbonyl (C=O) groups is 1. The molecule has 94 valence electrons. The summed E-state index contributed by atoms with van der Waals surface area (Å²) in [7, 11) is 0. The van der Waals surface area contributed by atoms with Crippen LogP contribution < -0.4 is 0 Å². The lowest BCUT2D eigenvalue weighted by atomic mass is 10.0. The average Bonchev–Trinajstić information content (AvgIpc) is 2.36. The molecule has 1 rings (SSSR count). The molecule has 0 aliphatic rings. The first kappa shape index (κ1) is 14.6. The number of halogens is 1. The summed E-state index contributed by atoms with van der Waals surface area (Å²) in [6.45, 7) is 2.24. The SMILES string of the molecule is CCOC(=O)c1cccc(SC)c1CCCBr. The minimum Gasteiger partial charge on any atom is -0.462 e. The average molecular weight is 317 g/mol. The predicted molar refractivity (Wildman–Crippen MR) is 76.3 cm³/mol. The maximum absolute atomic E-state index is 11.9. The Hall–Kier alpha value is -0.480. The molecular weight excluding hydrogens is 300 g/mol. The summed E-state index contributed by atoms with van der Waals surface area (Å²) in [5.41, 5.74) is 1.82. The maximum atomic E-state index is 11.9. The zero-order valence-electron chi connectivity index (χ0n) is 10.2. The normalized spacial score (nSPS) is 10.3. The van der Waals surface area contributed by atoms with Crippen LogP contribution in [0.5, 0.6) is 0 Å². The Bertz CT molecular complexity index is 380. The van der Waals surface area contributed by atoms with Gasteiger partial charge in [-0.3, -0.25) is 0 Å². The highest BCUT2D eigenvalue weighted by Crippen LogP contribution is 2.25. The van der Waals surface area contributed by atoms with Crippen LogP contribution in [-0.2, 0) is 11.2 Å². The Morgan fingerprint density at radius 1 is 1.47 bits per heavy atom. The number of carbonyl (C=O) groups excluding carboxylic acids is 1. The van der Waals surface area contributed by atoms with Crippen LogP contribution in [0.4, 0.5) is 0 Å². The van der Waals surface area contributed by atoms with Crippen LogP contribution in [0, 0.1) is 0 Å². The van der Waals surface area contributed by atoms with E-state index in [1.807, 2.05) is 25.3 Å². The lowest BCUT2D eigenvalue weighted by Crippen LogP contribution is -2.09. The fraction of sp³-hybridized carbons (Fsp3) is 0.462. The zero-order valence-corrected chi connectivity index (χ0v) is 12.6. The molecular formula is C13H17BrO2S. The molecule has 0 unspecified atom stereocenters. The van der Waals surface area contributed by atoms with Crippen molar-refractivity contribution in [3.05, 3.63) is 29.3 Å². The number of alkyl halides is 1. The fourth-order valence-electron chi connectivity index (χ4n) is 1.66. The van der Waals surface area contributed by atoms with Crippen molar-refractivity contribution in [2.24, 2.45) is 0 Å². The van der Waals surface area contributed by atoms with E-state index >= 15 is 0 Å². The van der Waals surface area contributed by atoms with Crippen LogP contribution in [0.1, 0.15) is 29.3 Å². The number of esters is 1. The highest BCUT2D eigenvalue weighted by molar-refractivity contribution is 9.09. The standard InChI is InChI=1S/C13H17BrO2S/c1-3-16-13(15)11-6-4-8-12(17-2)10(11)7-5-9-14/h4,6,8H,3,5,7,9H2,1-2H3. The lowest BCUT2D eigenvalue weighted by molar-refractivity contribution is 0.0524.